The van der Waals surface area contributed by atoms with E-state index >= 15 is 0 Å². The van der Waals surface area contributed by atoms with Gasteiger partial charge in [0.1, 0.15) is 6.54 Å². The molecule has 2 rings (SSSR count). The number of aryl methyl sites for hydroxylation is 2. The van der Waals surface area contributed by atoms with Crippen LogP contribution in [0.3, 0.4) is 0 Å². The summed E-state index contributed by atoms with van der Waals surface area (Å²) in [7, 11) is 1.98. The third kappa shape index (κ3) is 6.46. The van der Waals surface area contributed by atoms with Crippen LogP contribution < -0.4 is 10.6 Å². The molecule has 8 nitrogen and oxygen atoms in total. The average molecular weight is 503 g/mol. The number of hydrogen-bond donors (Lipinski definition) is 2. The molecular weight excluding hydrogens is 469 g/mol. The minimum Gasteiger partial charge on any atom is -0.357 e. The molecule has 0 aliphatic rings. The fourth-order valence-electron chi connectivity index (χ4n) is 2.80. The van der Waals surface area contributed by atoms with Gasteiger partial charge in [-0.2, -0.15) is 10.1 Å². The maximum absolute atomic E-state index is 5.33. The summed E-state index contributed by atoms with van der Waals surface area (Å²) in [4.78, 5) is 9.03. The van der Waals surface area contributed by atoms with Crippen LogP contribution in [0.1, 0.15) is 63.3 Å². The van der Waals surface area contributed by atoms with Crippen molar-refractivity contribution in [2.75, 3.05) is 6.54 Å². The number of rotatable bonds is 6. The summed E-state index contributed by atoms with van der Waals surface area (Å²) in [5.41, 5.74) is 3.39. The van der Waals surface area contributed by atoms with E-state index in [9.17, 15) is 0 Å². The summed E-state index contributed by atoms with van der Waals surface area (Å²) in [6.07, 6.45) is 0.881. The van der Waals surface area contributed by atoms with E-state index in [1.54, 1.807) is 0 Å². The number of nitrogens with one attached hydrogen (secondary N) is 2. The van der Waals surface area contributed by atoms with Crippen molar-refractivity contribution in [3.05, 3.63) is 28.7 Å². The van der Waals surface area contributed by atoms with Gasteiger partial charge in [0.05, 0.1) is 5.69 Å². The van der Waals surface area contributed by atoms with Crippen LogP contribution in [0.2, 0.25) is 0 Å². The van der Waals surface area contributed by atoms with E-state index in [1.165, 1.54) is 11.3 Å². The number of nitrogens with zero attached hydrogens (tertiary/aromatic N) is 5. The molecule has 2 heterocycles. The molecule has 0 radical (unpaired) electrons. The Kier molecular flexibility index (Phi) is 8.90. The molecule has 0 aliphatic carbocycles. The molecule has 0 saturated carbocycles. The molecule has 2 N–H and O–H groups in total. The van der Waals surface area contributed by atoms with Crippen molar-refractivity contribution in [2.24, 2.45) is 12.0 Å². The first-order valence-corrected chi connectivity index (χ1v) is 9.48. The van der Waals surface area contributed by atoms with Crippen molar-refractivity contribution < 1.29 is 4.52 Å². The quantitative estimate of drug-likeness (QED) is 0.358. The summed E-state index contributed by atoms with van der Waals surface area (Å²) < 4.78 is 7.26. The highest BCUT2D eigenvalue weighted by atomic mass is 127. The number of aliphatic imine (C=N–C) groups is 1. The second-order valence-electron chi connectivity index (χ2n) is 7.98. The molecular formula is C19H34IN7O. The van der Waals surface area contributed by atoms with E-state index in [4.69, 9.17) is 4.52 Å². The summed E-state index contributed by atoms with van der Waals surface area (Å²) >= 11 is 0. The monoisotopic (exact) mass is 503 g/mol. The fraction of sp³-hybridized carbons (Fsp3) is 0.684. The van der Waals surface area contributed by atoms with Crippen molar-refractivity contribution in [1.82, 2.24) is 30.6 Å². The Morgan fingerprint density at radius 1 is 1.29 bits per heavy atom. The van der Waals surface area contributed by atoms with Gasteiger partial charge in [-0.3, -0.25) is 4.68 Å². The summed E-state index contributed by atoms with van der Waals surface area (Å²) in [6.45, 7) is 15.6. The second-order valence-corrected chi connectivity index (χ2v) is 7.98. The van der Waals surface area contributed by atoms with Gasteiger partial charge in [-0.1, -0.05) is 25.9 Å². The molecule has 158 valence electrons. The highest BCUT2D eigenvalue weighted by Gasteiger charge is 2.21. The minimum absolute atomic E-state index is 0. The molecule has 1 unspecified atom stereocenters. The van der Waals surface area contributed by atoms with Crippen molar-refractivity contribution in [1.29, 1.82) is 0 Å². The molecule has 9 heteroatoms. The number of aromatic nitrogens is 4. The Morgan fingerprint density at radius 3 is 2.46 bits per heavy atom. The lowest BCUT2D eigenvalue weighted by atomic mass is 9.97. The Balaban J connectivity index is 0.00000392. The molecule has 0 spiro atoms. The Hall–Kier alpha value is -1.65. The van der Waals surface area contributed by atoms with Crippen LogP contribution in [0.4, 0.5) is 0 Å². The van der Waals surface area contributed by atoms with Crippen molar-refractivity contribution >= 4 is 29.9 Å². The van der Waals surface area contributed by atoms with E-state index in [-0.39, 0.29) is 35.4 Å². The van der Waals surface area contributed by atoms with E-state index in [0.717, 1.165) is 24.6 Å². The maximum Gasteiger partial charge on any atom is 0.232 e. The van der Waals surface area contributed by atoms with Gasteiger partial charge in [-0.25, -0.2) is 4.99 Å². The number of hydrogen-bond acceptors (Lipinski definition) is 5. The van der Waals surface area contributed by atoms with E-state index in [0.29, 0.717) is 18.3 Å². The third-order valence-electron chi connectivity index (χ3n) is 4.38. The predicted molar refractivity (Wildman–Crippen MR) is 122 cm³/mol. The molecule has 0 fully saturated rings. The minimum atomic E-state index is -0.161. The summed E-state index contributed by atoms with van der Waals surface area (Å²) in [5, 5.41) is 15.2. The Morgan fingerprint density at radius 2 is 1.96 bits per heavy atom. The van der Waals surface area contributed by atoms with Crippen LogP contribution in [0, 0.1) is 13.8 Å². The lowest BCUT2D eigenvalue weighted by Gasteiger charge is -2.18. The fourth-order valence-corrected chi connectivity index (χ4v) is 2.80. The molecule has 0 amide bonds. The first-order valence-electron chi connectivity index (χ1n) is 9.48. The van der Waals surface area contributed by atoms with Crippen LogP contribution in [-0.4, -0.2) is 38.5 Å². The van der Waals surface area contributed by atoms with Crippen LogP contribution in [0.25, 0.3) is 0 Å². The molecule has 0 bridgehead atoms. The first-order chi connectivity index (χ1) is 12.6. The molecule has 28 heavy (non-hydrogen) atoms. The van der Waals surface area contributed by atoms with Crippen LogP contribution in [0.5, 0.6) is 0 Å². The third-order valence-corrected chi connectivity index (χ3v) is 4.38. The molecule has 0 saturated heterocycles. The lowest BCUT2D eigenvalue weighted by Crippen LogP contribution is -2.43. The van der Waals surface area contributed by atoms with Gasteiger partial charge in [-0.05, 0) is 39.7 Å². The Labute approximate surface area is 185 Å². The van der Waals surface area contributed by atoms with Crippen LogP contribution in [-0.2, 0) is 25.4 Å². The molecule has 1 atom stereocenters. The van der Waals surface area contributed by atoms with Gasteiger partial charge in [0.2, 0.25) is 5.89 Å². The van der Waals surface area contributed by atoms with Gasteiger partial charge in [-0.15, -0.1) is 24.0 Å². The summed E-state index contributed by atoms with van der Waals surface area (Å²) in [6, 6.07) is 0.208. The maximum atomic E-state index is 5.33. The van der Waals surface area contributed by atoms with Crippen molar-refractivity contribution in [3.8, 4) is 0 Å². The smallest absolute Gasteiger partial charge is 0.232 e. The highest BCUT2D eigenvalue weighted by Crippen LogP contribution is 2.19. The van der Waals surface area contributed by atoms with Gasteiger partial charge in [0, 0.05) is 30.7 Å². The highest BCUT2D eigenvalue weighted by molar-refractivity contribution is 14.0. The second kappa shape index (κ2) is 10.2. The molecule has 0 aromatic carbocycles. The lowest BCUT2D eigenvalue weighted by molar-refractivity contribution is 0.318. The van der Waals surface area contributed by atoms with Crippen molar-refractivity contribution in [2.45, 2.75) is 72.9 Å². The van der Waals surface area contributed by atoms with E-state index in [2.05, 4.69) is 51.6 Å². The topological polar surface area (TPSA) is 93.2 Å². The van der Waals surface area contributed by atoms with Crippen LogP contribution >= 0.6 is 24.0 Å². The first kappa shape index (κ1) is 24.4. The van der Waals surface area contributed by atoms with Gasteiger partial charge in [0.25, 0.3) is 0 Å². The van der Waals surface area contributed by atoms with Crippen LogP contribution in [0.15, 0.2) is 9.52 Å². The normalized spacial score (nSPS) is 13.2. The standard InChI is InChI=1S/C19H33N7O.HI/c1-9-20-18(21-11-16-23-17(27-25-16)19(5,6)7)22-12(2)10-15-13(3)24-26(8)14(15)4;/h12H,9-11H2,1-8H3,(H2,20,21,22);1H. The molecule has 2 aromatic rings. The zero-order valence-electron chi connectivity index (χ0n) is 18.3. The largest absolute Gasteiger partial charge is 0.357 e. The average Bonchev–Trinajstić information content (AvgIpc) is 3.14. The van der Waals surface area contributed by atoms with E-state index in [1.807, 2.05) is 39.4 Å². The van der Waals surface area contributed by atoms with Gasteiger partial charge in [0.15, 0.2) is 11.8 Å². The summed E-state index contributed by atoms with van der Waals surface area (Å²) in [5.74, 6) is 1.96. The molecule has 2 aromatic heterocycles. The van der Waals surface area contributed by atoms with Gasteiger partial charge < -0.3 is 15.2 Å². The van der Waals surface area contributed by atoms with Gasteiger partial charge >= 0.3 is 0 Å². The zero-order chi connectivity index (χ0) is 20.2. The zero-order valence-corrected chi connectivity index (χ0v) is 20.6. The molecule has 0 aliphatic heterocycles. The SMILES string of the molecule is CCNC(=NCc1noc(C(C)(C)C)n1)NC(C)Cc1c(C)nn(C)c1C.I. The number of guanidine groups is 1. The number of halogens is 1. The predicted octanol–water partition coefficient (Wildman–Crippen LogP) is 3.02. The Bertz CT molecular complexity index is 789. The van der Waals surface area contributed by atoms with E-state index < -0.39 is 0 Å². The van der Waals surface area contributed by atoms with Crippen molar-refractivity contribution in [3.63, 3.8) is 0 Å².